The van der Waals surface area contributed by atoms with Crippen molar-refractivity contribution in [2.75, 3.05) is 47.0 Å². The van der Waals surface area contributed by atoms with Gasteiger partial charge in [0.1, 0.15) is 35.0 Å². The molecule has 0 bridgehead atoms. The third-order valence-electron chi connectivity index (χ3n) is 12.8. The number of benzene rings is 2. The van der Waals surface area contributed by atoms with Gasteiger partial charge in [-0.3, -0.25) is 43.4 Å². The molecule has 4 aliphatic heterocycles. The minimum atomic E-state index is -2.34. The highest BCUT2D eigenvalue weighted by atomic mass is 16.7. The lowest BCUT2D eigenvalue weighted by atomic mass is 9.72. The van der Waals surface area contributed by atoms with Gasteiger partial charge >= 0.3 is 0 Å². The number of methoxy groups -OCH3 is 2. The molecule has 4 heterocycles. The Kier molecular flexibility index (Phi) is 12.5. The Hall–Kier alpha value is -5.55. The Morgan fingerprint density at radius 2 is 1.69 bits per heavy atom. The lowest BCUT2D eigenvalue weighted by molar-refractivity contribution is -0.256. The molecule has 2 aromatic carbocycles. The van der Waals surface area contributed by atoms with Crippen LogP contribution in [0.25, 0.3) is 0 Å². The molecule has 64 heavy (non-hydrogen) atoms. The molecule has 5 amide bonds. The lowest BCUT2D eigenvalue weighted by Gasteiger charge is -2.43. The number of carbonyl (C=O) groups excluding carboxylic acids is 7. The van der Waals surface area contributed by atoms with Crippen LogP contribution in [0.4, 0.5) is 0 Å². The number of likely N-dealkylation sites (tertiary alicyclic amines) is 1. The number of hydrogen-bond donors (Lipinski definition) is 6. The number of carbonyl (C=O) groups is 7. The van der Waals surface area contributed by atoms with Gasteiger partial charge in [-0.1, -0.05) is 12.1 Å². The first-order chi connectivity index (χ1) is 30.6. The minimum absolute atomic E-state index is 0.0767. The quantitative estimate of drug-likeness (QED) is 0.0712. The van der Waals surface area contributed by atoms with Crippen LogP contribution in [-0.4, -0.2) is 162 Å². The third-order valence-corrected chi connectivity index (χ3v) is 12.8. The normalized spacial score (nSPS) is 29.0. The van der Waals surface area contributed by atoms with E-state index in [0.29, 0.717) is 13.2 Å². The van der Waals surface area contributed by atoms with Crippen molar-refractivity contribution in [3.63, 3.8) is 0 Å². The summed E-state index contributed by atoms with van der Waals surface area (Å²) in [5.41, 5.74) is -3.83. The van der Waals surface area contributed by atoms with Gasteiger partial charge in [-0.25, -0.2) is 0 Å². The summed E-state index contributed by atoms with van der Waals surface area (Å²) in [7, 11) is 2.84. The van der Waals surface area contributed by atoms with Crippen molar-refractivity contribution in [2.24, 2.45) is 0 Å². The number of phenols is 2. The molecule has 21 heteroatoms. The molecule has 6 N–H and O–H groups in total. The summed E-state index contributed by atoms with van der Waals surface area (Å²) < 4.78 is 35.8. The van der Waals surface area contributed by atoms with Crippen LogP contribution in [0, 0.1) is 0 Å². The molecule has 0 radical (unpaired) electrons. The molecule has 4 fully saturated rings. The van der Waals surface area contributed by atoms with E-state index in [0.717, 1.165) is 4.90 Å². The fourth-order valence-corrected chi connectivity index (χ4v) is 9.65. The van der Waals surface area contributed by atoms with Crippen LogP contribution in [0.5, 0.6) is 17.2 Å². The first kappa shape index (κ1) is 45.0. The first-order valence-corrected chi connectivity index (χ1v) is 21.2. The molecule has 8 rings (SSSR count). The van der Waals surface area contributed by atoms with E-state index < -0.39 is 114 Å². The smallest absolute Gasteiger partial charge is 0.252 e. The van der Waals surface area contributed by atoms with E-state index in [2.05, 4.69) is 20.9 Å². The maximum atomic E-state index is 14.2. The molecule has 344 valence electrons. The zero-order valence-corrected chi connectivity index (χ0v) is 35.7. The van der Waals surface area contributed by atoms with E-state index in [1.165, 1.54) is 39.3 Å². The number of hydrogen-bond acceptors (Lipinski definition) is 17. The molecule has 9 atom stereocenters. The molecule has 6 aliphatic rings. The number of ether oxygens (including phenoxy) is 6. The van der Waals surface area contributed by atoms with E-state index in [-0.39, 0.29) is 91.2 Å². The number of imide groups is 1. The van der Waals surface area contributed by atoms with Crippen molar-refractivity contribution < 1.29 is 77.3 Å². The summed E-state index contributed by atoms with van der Waals surface area (Å²) in [5, 5.41) is 43.8. The number of nitrogens with one attached hydrogen (secondary N) is 3. The second-order valence-corrected chi connectivity index (χ2v) is 16.7. The summed E-state index contributed by atoms with van der Waals surface area (Å²) in [5.74, 6) is -5.71. The molecule has 2 aliphatic carbocycles. The van der Waals surface area contributed by atoms with Crippen LogP contribution < -0.4 is 20.7 Å². The molecule has 2 aromatic rings. The van der Waals surface area contributed by atoms with E-state index in [1.807, 2.05) is 0 Å². The number of rotatable bonds is 13. The van der Waals surface area contributed by atoms with Crippen LogP contribution in [0.15, 0.2) is 18.2 Å². The van der Waals surface area contributed by atoms with Gasteiger partial charge in [0.2, 0.25) is 29.4 Å². The van der Waals surface area contributed by atoms with Crippen LogP contribution in [0.1, 0.15) is 95.0 Å². The number of aliphatic hydroxyl groups is 1. The van der Waals surface area contributed by atoms with Crippen LogP contribution >= 0.6 is 0 Å². The molecule has 0 aromatic heterocycles. The number of nitrogens with zero attached hydrogens (tertiary/aromatic N) is 2. The Balaban J connectivity index is 1.01. The standard InChI is InChI=1S/C43H51N5O16/c1-19(46-26(49)10-13-48-27(50)8-9-28(48)51)39(56)44-11-12-45-42(57)43(58)17-22-31(37(55)33-32(35(22)53)34(52)21-6-5-7-24(59-3)30(21)36(33)54)25(18-43)63-29-16-23-38(20(2)62-29)64-40-41(60-4)61-15-14-47(23)40/h5-7,19-20,23,25,29,38,40-41,53,55,58H,8-18H2,1-4H3,(H,44,56)(H,45,57)(H,46,49)/t19-,20-,23-,25-,29-,38+,40+,41-,43-/m0/s1. The maximum Gasteiger partial charge on any atom is 0.252 e. The number of ketones is 2. The fraction of sp³-hybridized carbons (Fsp3) is 0.558. The monoisotopic (exact) mass is 893 g/mol. The fourth-order valence-electron chi connectivity index (χ4n) is 9.65. The van der Waals surface area contributed by atoms with Crippen molar-refractivity contribution in [1.82, 2.24) is 25.8 Å². The predicted octanol–water partition coefficient (Wildman–Crippen LogP) is -0.574. The van der Waals surface area contributed by atoms with Crippen LogP contribution in [0.2, 0.25) is 0 Å². The lowest BCUT2D eigenvalue weighted by Crippen LogP contribution is -2.55. The van der Waals surface area contributed by atoms with Crippen LogP contribution in [-0.2, 0) is 54.1 Å². The second kappa shape index (κ2) is 17.8. The SMILES string of the molecule is COc1cccc2c1C(=O)c1c(O)c3c(c(O)c1C2=O)C[C@@](O)(C(=O)NCCNC(=O)[C@H](C)NC(=O)CCN1C(=O)CCC1=O)C[C@@H]3O[C@H]1C[C@H]2[C@H](O[C@@H]3[C@@H](OC)OCCN32)[C@H](C)O1. The van der Waals surface area contributed by atoms with E-state index in [1.54, 1.807) is 6.92 Å². The van der Waals surface area contributed by atoms with Gasteiger partial charge in [0.05, 0.1) is 42.6 Å². The average molecular weight is 894 g/mol. The zero-order chi connectivity index (χ0) is 45.8. The van der Waals surface area contributed by atoms with Crippen molar-refractivity contribution in [1.29, 1.82) is 0 Å². The summed E-state index contributed by atoms with van der Waals surface area (Å²) in [6.45, 7) is 3.70. The van der Waals surface area contributed by atoms with Crippen molar-refractivity contribution in [3.8, 4) is 17.2 Å². The topological polar surface area (TPSA) is 278 Å². The summed E-state index contributed by atoms with van der Waals surface area (Å²) in [4.78, 5) is 94.2. The van der Waals surface area contributed by atoms with Gasteiger partial charge in [0.15, 0.2) is 24.6 Å². The molecule has 0 saturated carbocycles. The van der Waals surface area contributed by atoms with Gasteiger partial charge in [0, 0.05) is 94.5 Å². The largest absolute Gasteiger partial charge is 0.507 e. The highest BCUT2D eigenvalue weighted by Gasteiger charge is 2.55. The predicted molar refractivity (Wildman–Crippen MR) is 216 cm³/mol. The number of phenolic OH excluding ortho intramolecular Hbond substituents is 2. The van der Waals surface area contributed by atoms with E-state index in [9.17, 15) is 48.9 Å². The highest BCUT2D eigenvalue weighted by molar-refractivity contribution is 6.31. The van der Waals surface area contributed by atoms with Crippen molar-refractivity contribution in [3.05, 3.63) is 51.6 Å². The van der Waals surface area contributed by atoms with Crippen LogP contribution in [0.3, 0.4) is 0 Å². The summed E-state index contributed by atoms with van der Waals surface area (Å²) in [6.07, 6.45) is -5.41. The first-order valence-electron chi connectivity index (χ1n) is 21.2. The number of morpholine rings is 1. The Bertz CT molecular complexity index is 2270. The second-order valence-electron chi connectivity index (χ2n) is 16.7. The molecule has 0 spiro atoms. The van der Waals surface area contributed by atoms with Gasteiger partial charge in [0.25, 0.3) is 5.91 Å². The third kappa shape index (κ3) is 7.98. The Labute approximate surface area is 366 Å². The van der Waals surface area contributed by atoms with E-state index >= 15 is 0 Å². The number of aromatic hydroxyl groups is 2. The Morgan fingerprint density at radius 1 is 0.969 bits per heavy atom. The molecular formula is C43H51N5O16. The number of amides is 5. The van der Waals surface area contributed by atoms with Crippen molar-refractivity contribution in [2.45, 2.75) is 107 Å². The molecular weight excluding hydrogens is 842 g/mol. The summed E-state index contributed by atoms with van der Waals surface area (Å²) in [6, 6.07) is 3.12. The molecule has 21 nitrogen and oxygen atoms in total. The zero-order valence-electron chi connectivity index (χ0n) is 35.7. The maximum absolute atomic E-state index is 14.2. The highest BCUT2D eigenvalue weighted by Crippen LogP contribution is 2.53. The van der Waals surface area contributed by atoms with Gasteiger partial charge in [-0.2, -0.15) is 0 Å². The average Bonchev–Trinajstić information content (AvgIpc) is 3.82. The van der Waals surface area contributed by atoms with Gasteiger partial charge in [-0.15, -0.1) is 0 Å². The van der Waals surface area contributed by atoms with Gasteiger partial charge in [-0.05, 0) is 19.9 Å². The molecule has 4 saturated heterocycles. The molecule has 0 unspecified atom stereocenters. The summed E-state index contributed by atoms with van der Waals surface area (Å²) >= 11 is 0. The Morgan fingerprint density at radius 3 is 2.41 bits per heavy atom. The van der Waals surface area contributed by atoms with Gasteiger partial charge < -0.3 is 59.7 Å². The minimum Gasteiger partial charge on any atom is -0.507 e. The van der Waals surface area contributed by atoms with Crippen molar-refractivity contribution >= 4 is 41.1 Å². The number of fused-ring (bicyclic) bond motifs is 6. The van der Waals surface area contributed by atoms with E-state index in [4.69, 9.17) is 28.4 Å².